The van der Waals surface area contributed by atoms with Crippen molar-refractivity contribution in [2.24, 2.45) is 0 Å². The number of nitrogens with one attached hydrogen (secondary N) is 1. The first-order valence-electron chi connectivity index (χ1n) is 6.87. The van der Waals surface area contributed by atoms with Crippen LogP contribution in [0.15, 0.2) is 18.2 Å². The highest BCUT2D eigenvalue weighted by Crippen LogP contribution is 2.33. The van der Waals surface area contributed by atoms with E-state index in [4.69, 9.17) is 11.6 Å². The summed E-state index contributed by atoms with van der Waals surface area (Å²) in [4.78, 5) is 4.55. The summed E-state index contributed by atoms with van der Waals surface area (Å²) < 4.78 is 38.1. The molecular weight excluding hydrogens is 303 g/mol. The second-order valence-electron chi connectivity index (χ2n) is 5.30. The summed E-state index contributed by atoms with van der Waals surface area (Å²) in [6, 6.07) is 3.55. The minimum atomic E-state index is -4.38. The van der Waals surface area contributed by atoms with Crippen LogP contribution >= 0.6 is 11.6 Å². The minimum absolute atomic E-state index is 0.0897. The first-order valence-corrected chi connectivity index (χ1v) is 7.25. The molecule has 0 saturated carbocycles. The van der Waals surface area contributed by atoms with Gasteiger partial charge in [-0.05, 0) is 25.2 Å². The van der Waals surface area contributed by atoms with Crippen molar-refractivity contribution in [2.45, 2.75) is 6.18 Å². The van der Waals surface area contributed by atoms with Gasteiger partial charge >= 0.3 is 6.18 Å². The number of nitrogens with zero attached hydrogens (tertiary/aromatic N) is 2. The summed E-state index contributed by atoms with van der Waals surface area (Å²) in [5.74, 6) is 0. The van der Waals surface area contributed by atoms with E-state index < -0.39 is 11.7 Å². The quantitative estimate of drug-likeness (QED) is 0.919. The number of piperazine rings is 1. The molecule has 0 atom stereocenters. The molecule has 1 aromatic rings. The maximum Gasteiger partial charge on any atom is 0.416 e. The molecule has 1 aromatic carbocycles. The molecule has 118 valence electrons. The van der Waals surface area contributed by atoms with Crippen LogP contribution < -0.4 is 5.32 Å². The van der Waals surface area contributed by atoms with Crippen molar-refractivity contribution >= 4 is 17.3 Å². The van der Waals surface area contributed by atoms with Gasteiger partial charge in [0.05, 0.1) is 5.56 Å². The van der Waals surface area contributed by atoms with Crippen LogP contribution in [0.5, 0.6) is 0 Å². The first-order chi connectivity index (χ1) is 9.84. The Hall–Kier alpha value is -0.980. The molecule has 3 nitrogen and oxygen atoms in total. The van der Waals surface area contributed by atoms with Gasteiger partial charge in [0.1, 0.15) is 0 Å². The molecule has 1 aliphatic rings. The number of hydrogen-bond donors (Lipinski definition) is 1. The van der Waals surface area contributed by atoms with Gasteiger partial charge in [-0.2, -0.15) is 13.2 Å². The Labute approximate surface area is 127 Å². The Balaban J connectivity index is 1.87. The van der Waals surface area contributed by atoms with Gasteiger partial charge in [0.25, 0.3) is 0 Å². The molecule has 0 amide bonds. The van der Waals surface area contributed by atoms with Crippen molar-refractivity contribution in [1.82, 2.24) is 9.80 Å². The summed E-state index contributed by atoms with van der Waals surface area (Å²) in [5.41, 5.74) is -0.318. The number of alkyl halides is 3. The molecule has 0 radical (unpaired) electrons. The molecule has 1 fully saturated rings. The molecule has 21 heavy (non-hydrogen) atoms. The topological polar surface area (TPSA) is 18.5 Å². The minimum Gasteiger partial charge on any atom is -0.384 e. The third-order valence-electron chi connectivity index (χ3n) is 3.58. The molecule has 1 N–H and O–H groups in total. The van der Waals surface area contributed by atoms with E-state index in [9.17, 15) is 13.2 Å². The maximum absolute atomic E-state index is 12.7. The zero-order valence-corrected chi connectivity index (χ0v) is 12.6. The molecule has 1 heterocycles. The summed E-state index contributed by atoms with van der Waals surface area (Å²) in [5, 5.41) is 3.11. The lowest BCUT2D eigenvalue weighted by Gasteiger charge is -2.32. The molecule has 1 saturated heterocycles. The van der Waals surface area contributed by atoms with Gasteiger partial charge < -0.3 is 10.2 Å². The molecule has 0 bridgehead atoms. The van der Waals surface area contributed by atoms with E-state index in [0.717, 1.165) is 44.9 Å². The van der Waals surface area contributed by atoms with Crippen molar-refractivity contribution in [3.8, 4) is 0 Å². The third-order valence-corrected chi connectivity index (χ3v) is 3.80. The van der Waals surface area contributed by atoms with E-state index in [0.29, 0.717) is 12.2 Å². The van der Waals surface area contributed by atoms with E-state index >= 15 is 0 Å². The Kier molecular flexibility index (Phi) is 5.35. The number of likely N-dealkylation sites (N-methyl/N-ethyl adjacent to an activating group) is 1. The van der Waals surface area contributed by atoms with E-state index in [1.807, 2.05) is 0 Å². The number of anilines is 1. The van der Waals surface area contributed by atoms with Gasteiger partial charge in [-0.3, -0.25) is 4.90 Å². The van der Waals surface area contributed by atoms with Gasteiger partial charge in [-0.1, -0.05) is 11.6 Å². The fourth-order valence-electron chi connectivity index (χ4n) is 2.29. The van der Waals surface area contributed by atoms with Gasteiger partial charge in [-0.25, -0.2) is 0 Å². The lowest BCUT2D eigenvalue weighted by molar-refractivity contribution is -0.137. The van der Waals surface area contributed by atoms with E-state index in [1.54, 1.807) is 0 Å². The zero-order valence-electron chi connectivity index (χ0n) is 11.9. The van der Waals surface area contributed by atoms with Crippen LogP contribution in [-0.2, 0) is 6.18 Å². The van der Waals surface area contributed by atoms with Crippen LogP contribution in [0.3, 0.4) is 0 Å². The van der Waals surface area contributed by atoms with E-state index in [1.165, 1.54) is 6.07 Å². The van der Waals surface area contributed by atoms with Crippen LogP contribution in [0.4, 0.5) is 18.9 Å². The first kappa shape index (κ1) is 16.4. The standard InChI is InChI=1S/C14H19ClF3N3/c1-20-4-6-21(7-5-20)3-2-19-13-9-11(14(16,17)18)8-12(15)10-13/h8-10,19H,2-7H2,1H3. The fraction of sp³-hybridized carbons (Fsp3) is 0.571. The summed E-state index contributed by atoms with van der Waals surface area (Å²) in [6.45, 7) is 5.43. The molecule has 0 spiro atoms. The molecule has 0 aliphatic carbocycles. The van der Waals surface area contributed by atoms with Crippen LogP contribution in [0.25, 0.3) is 0 Å². The molecule has 2 rings (SSSR count). The van der Waals surface area contributed by atoms with Crippen molar-refractivity contribution < 1.29 is 13.2 Å². The highest BCUT2D eigenvalue weighted by atomic mass is 35.5. The predicted molar refractivity (Wildman–Crippen MR) is 78.9 cm³/mol. The van der Waals surface area contributed by atoms with Crippen molar-refractivity contribution in [1.29, 1.82) is 0 Å². The Morgan fingerprint density at radius 2 is 1.81 bits per heavy atom. The number of hydrogen-bond acceptors (Lipinski definition) is 3. The number of rotatable bonds is 4. The predicted octanol–water partition coefficient (Wildman–Crippen LogP) is 3.02. The Bertz CT molecular complexity index is 471. The Morgan fingerprint density at radius 3 is 2.43 bits per heavy atom. The summed E-state index contributed by atoms with van der Waals surface area (Å²) in [6.07, 6.45) is -4.38. The largest absolute Gasteiger partial charge is 0.416 e. The van der Waals surface area contributed by atoms with Crippen molar-refractivity contribution in [3.05, 3.63) is 28.8 Å². The molecule has 0 aromatic heterocycles. The Morgan fingerprint density at radius 1 is 1.14 bits per heavy atom. The van der Waals surface area contributed by atoms with Crippen molar-refractivity contribution in [3.63, 3.8) is 0 Å². The average Bonchev–Trinajstić information content (AvgIpc) is 2.39. The van der Waals surface area contributed by atoms with Gasteiger partial charge in [-0.15, -0.1) is 0 Å². The van der Waals surface area contributed by atoms with Gasteiger partial charge in [0, 0.05) is 50.0 Å². The molecular formula is C14H19ClF3N3. The van der Waals surface area contributed by atoms with Crippen LogP contribution in [0, 0.1) is 0 Å². The van der Waals surface area contributed by atoms with E-state index in [-0.39, 0.29) is 5.02 Å². The molecule has 1 aliphatic heterocycles. The lowest BCUT2D eigenvalue weighted by atomic mass is 10.2. The highest BCUT2D eigenvalue weighted by Gasteiger charge is 2.31. The van der Waals surface area contributed by atoms with Crippen LogP contribution in [0.2, 0.25) is 5.02 Å². The zero-order chi connectivity index (χ0) is 15.5. The second-order valence-corrected chi connectivity index (χ2v) is 5.73. The smallest absolute Gasteiger partial charge is 0.384 e. The maximum atomic E-state index is 12.7. The van der Waals surface area contributed by atoms with Crippen LogP contribution in [-0.4, -0.2) is 56.1 Å². The summed E-state index contributed by atoms with van der Waals surface area (Å²) >= 11 is 5.74. The number of benzene rings is 1. The van der Waals surface area contributed by atoms with Gasteiger partial charge in [0.15, 0.2) is 0 Å². The lowest BCUT2D eigenvalue weighted by Crippen LogP contribution is -2.45. The fourth-order valence-corrected chi connectivity index (χ4v) is 2.52. The van der Waals surface area contributed by atoms with Gasteiger partial charge in [0.2, 0.25) is 0 Å². The molecule has 0 unspecified atom stereocenters. The van der Waals surface area contributed by atoms with Crippen LogP contribution in [0.1, 0.15) is 5.56 Å². The normalized spacial score (nSPS) is 18.0. The monoisotopic (exact) mass is 321 g/mol. The van der Waals surface area contributed by atoms with E-state index in [2.05, 4.69) is 22.2 Å². The SMILES string of the molecule is CN1CCN(CCNc2cc(Cl)cc(C(F)(F)F)c2)CC1. The summed E-state index contributed by atoms with van der Waals surface area (Å²) in [7, 11) is 2.08. The number of halogens is 4. The van der Waals surface area contributed by atoms with Crippen molar-refractivity contribution in [2.75, 3.05) is 51.6 Å². The average molecular weight is 322 g/mol. The highest BCUT2D eigenvalue weighted by molar-refractivity contribution is 6.30. The second kappa shape index (κ2) is 6.85. The molecule has 7 heteroatoms. The third kappa shape index (κ3) is 5.05.